The number of hydrogen-bond donors (Lipinski definition) is 1. The third-order valence-electron chi connectivity index (χ3n) is 4.30. The smallest absolute Gasteiger partial charge is 0.246 e. The van der Waals surface area contributed by atoms with Gasteiger partial charge in [-0.25, -0.2) is 8.42 Å². The van der Waals surface area contributed by atoms with Gasteiger partial charge < -0.3 is 5.32 Å². The Morgan fingerprint density at radius 2 is 1.82 bits per heavy atom. The van der Waals surface area contributed by atoms with Gasteiger partial charge in [-0.1, -0.05) is 45.2 Å². The predicted molar refractivity (Wildman–Crippen MR) is 116 cm³/mol. The van der Waals surface area contributed by atoms with E-state index in [4.69, 9.17) is 23.2 Å². The van der Waals surface area contributed by atoms with Crippen LogP contribution in [0.4, 0.5) is 0 Å². The molecule has 0 bridgehead atoms. The number of rotatable bonds is 6. The fourth-order valence-electron chi connectivity index (χ4n) is 2.89. The molecule has 0 radical (unpaired) electrons. The normalized spacial score (nSPS) is 16.2. The molecule has 2 heterocycles. The largest absolute Gasteiger partial charge is 0.350 e. The predicted octanol–water partition coefficient (Wildman–Crippen LogP) is 3.44. The molecule has 1 fully saturated rings. The van der Waals surface area contributed by atoms with Gasteiger partial charge in [0.1, 0.15) is 4.90 Å². The minimum Gasteiger partial charge on any atom is -0.350 e. The maximum atomic E-state index is 12.9. The van der Waals surface area contributed by atoms with E-state index in [1.54, 1.807) is 11.3 Å². The monoisotopic (exact) mass is 525 g/mol. The van der Waals surface area contributed by atoms with Crippen molar-refractivity contribution < 1.29 is 13.2 Å². The topological polar surface area (TPSA) is 69.7 Å². The standard InChI is InChI=1S/C17H18BrCl2N3O3S2/c18-12-8-14(19)17(15(20)9-12)28(25,26)23-5-3-22(4-6-23)11-16(24)21-10-13-2-1-7-27-13/h1-2,7-9H,3-6,10-11H2,(H,21,24). The minimum atomic E-state index is -3.81. The molecular weight excluding hydrogens is 509 g/mol. The maximum Gasteiger partial charge on any atom is 0.246 e. The summed E-state index contributed by atoms with van der Waals surface area (Å²) in [7, 11) is -3.81. The molecule has 1 amide bonds. The van der Waals surface area contributed by atoms with Gasteiger partial charge in [0, 0.05) is 35.5 Å². The van der Waals surface area contributed by atoms with E-state index in [0.717, 1.165) is 4.88 Å². The molecule has 1 aliphatic heterocycles. The lowest BCUT2D eigenvalue weighted by Gasteiger charge is -2.33. The Kier molecular flexibility index (Phi) is 7.41. The van der Waals surface area contributed by atoms with Crippen molar-refractivity contribution in [2.24, 2.45) is 0 Å². The van der Waals surface area contributed by atoms with E-state index >= 15 is 0 Å². The fourth-order valence-corrected chi connectivity index (χ4v) is 6.84. The Morgan fingerprint density at radius 1 is 1.18 bits per heavy atom. The van der Waals surface area contributed by atoms with Gasteiger partial charge in [0.2, 0.25) is 15.9 Å². The van der Waals surface area contributed by atoms with Crippen LogP contribution in [0.2, 0.25) is 10.0 Å². The van der Waals surface area contributed by atoms with Crippen LogP contribution in [0.3, 0.4) is 0 Å². The number of sulfonamides is 1. The van der Waals surface area contributed by atoms with Crippen LogP contribution in [0.5, 0.6) is 0 Å². The minimum absolute atomic E-state index is 0.0785. The highest BCUT2D eigenvalue weighted by Gasteiger charge is 2.32. The van der Waals surface area contributed by atoms with Gasteiger partial charge in [0.25, 0.3) is 0 Å². The summed E-state index contributed by atoms with van der Waals surface area (Å²) in [5, 5.41) is 5.00. The Balaban J connectivity index is 1.56. The first kappa shape index (κ1) is 22.0. The molecule has 0 aliphatic carbocycles. The number of nitrogens with zero attached hydrogens (tertiary/aromatic N) is 2. The molecule has 0 unspecified atom stereocenters. The first-order valence-electron chi connectivity index (χ1n) is 8.43. The van der Waals surface area contributed by atoms with Crippen LogP contribution in [0, 0.1) is 0 Å². The number of benzene rings is 1. The lowest BCUT2D eigenvalue weighted by Crippen LogP contribution is -2.51. The van der Waals surface area contributed by atoms with Crippen molar-refractivity contribution in [1.29, 1.82) is 0 Å². The van der Waals surface area contributed by atoms with Crippen LogP contribution >= 0.6 is 50.5 Å². The first-order chi connectivity index (χ1) is 13.3. The van der Waals surface area contributed by atoms with Crippen molar-refractivity contribution in [3.8, 4) is 0 Å². The van der Waals surface area contributed by atoms with Crippen LogP contribution in [-0.2, 0) is 21.4 Å². The van der Waals surface area contributed by atoms with Gasteiger partial charge in [-0.3, -0.25) is 9.69 Å². The molecule has 152 valence electrons. The molecule has 1 aromatic heterocycles. The van der Waals surface area contributed by atoms with Gasteiger partial charge >= 0.3 is 0 Å². The fraction of sp³-hybridized carbons (Fsp3) is 0.353. The second kappa shape index (κ2) is 9.42. The molecule has 1 N–H and O–H groups in total. The van der Waals surface area contributed by atoms with E-state index in [1.165, 1.54) is 16.4 Å². The Bertz CT molecular complexity index is 924. The highest BCUT2D eigenvalue weighted by molar-refractivity contribution is 9.10. The number of halogens is 3. The summed E-state index contributed by atoms with van der Waals surface area (Å²) in [4.78, 5) is 15.0. The summed E-state index contributed by atoms with van der Waals surface area (Å²) < 4.78 is 27.9. The zero-order chi connectivity index (χ0) is 20.3. The van der Waals surface area contributed by atoms with Crippen LogP contribution < -0.4 is 5.32 Å². The van der Waals surface area contributed by atoms with Gasteiger partial charge in [-0.2, -0.15) is 4.31 Å². The quantitative estimate of drug-likeness (QED) is 0.626. The lowest BCUT2D eigenvalue weighted by atomic mass is 10.3. The maximum absolute atomic E-state index is 12.9. The summed E-state index contributed by atoms with van der Waals surface area (Å²) in [5.41, 5.74) is 0. The summed E-state index contributed by atoms with van der Waals surface area (Å²) in [6.45, 7) is 2.19. The lowest BCUT2D eigenvalue weighted by molar-refractivity contribution is -0.122. The van der Waals surface area contributed by atoms with Gasteiger partial charge in [-0.05, 0) is 23.6 Å². The number of thiophene rings is 1. The van der Waals surface area contributed by atoms with Crippen molar-refractivity contribution in [2.75, 3.05) is 32.7 Å². The highest BCUT2D eigenvalue weighted by atomic mass is 79.9. The molecule has 0 atom stereocenters. The van der Waals surface area contributed by atoms with E-state index in [0.29, 0.717) is 24.1 Å². The van der Waals surface area contributed by atoms with Crippen molar-refractivity contribution in [3.63, 3.8) is 0 Å². The third-order valence-corrected chi connectivity index (χ3v) is 8.45. The average Bonchev–Trinajstić information content (AvgIpc) is 3.13. The van der Waals surface area contributed by atoms with E-state index in [1.807, 2.05) is 22.4 Å². The van der Waals surface area contributed by atoms with Crippen LogP contribution in [0.25, 0.3) is 0 Å². The number of amides is 1. The Labute approximate surface area is 186 Å². The number of piperazine rings is 1. The Hall–Kier alpha value is -0.680. The molecular formula is C17H18BrCl2N3O3S2. The summed E-state index contributed by atoms with van der Waals surface area (Å²) in [6.07, 6.45) is 0. The van der Waals surface area contributed by atoms with Gasteiger partial charge in [-0.15, -0.1) is 11.3 Å². The molecule has 28 heavy (non-hydrogen) atoms. The number of carbonyl (C=O) groups is 1. The summed E-state index contributed by atoms with van der Waals surface area (Å²) in [5.74, 6) is -0.0799. The molecule has 1 saturated heterocycles. The zero-order valence-corrected chi connectivity index (χ0v) is 19.4. The molecule has 2 aromatic rings. The van der Waals surface area contributed by atoms with Crippen LogP contribution in [-0.4, -0.2) is 56.3 Å². The van der Waals surface area contributed by atoms with Crippen molar-refractivity contribution in [3.05, 3.63) is 49.0 Å². The molecule has 0 saturated carbocycles. The molecule has 1 aromatic carbocycles. The van der Waals surface area contributed by atoms with E-state index in [2.05, 4.69) is 21.2 Å². The molecule has 11 heteroatoms. The second-order valence-corrected chi connectivity index (χ2v) is 10.9. The van der Waals surface area contributed by atoms with Crippen molar-refractivity contribution in [2.45, 2.75) is 11.4 Å². The number of hydrogen-bond acceptors (Lipinski definition) is 5. The van der Waals surface area contributed by atoms with Crippen LogP contribution in [0.1, 0.15) is 4.88 Å². The summed E-state index contributed by atoms with van der Waals surface area (Å²) >= 11 is 17.1. The number of nitrogens with one attached hydrogen (secondary N) is 1. The van der Waals surface area contributed by atoms with Gasteiger partial charge in [0.15, 0.2) is 0 Å². The molecule has 3 rings (SSSR count). The highest BCUT2D eigenvalue weighted by Crippen LogP contribution is 2.35. The summed E-state index contributed by atoms with van der Waals surface area (Å²) in [6, 6.07) is 6.92. The zero-order valence-electron chi connectivity index (χ0n) is 14.7. The number of carbonyl (C=O) groups excluding carboxylic acids is 1. The molecule has 6 nitrogen and oxygen atoms in total. The van der Waals surface area contributed by atoms with E-state index in [-0.39, 0.29) is 40.5 Å². The van der Waals surface area contributed by atoms with Crippen molar-refractivity contribution in [1.82, 2.24) is 14.5 Å². The first-order valence-corrected chi connectivity index (χ1v) is 12.3. The Morgan fingerprint density at radius 3 is 2.39 bits per heavy atom. The SMILES string of the molecule is O=C(CN1CCN(S(=O)(=O)c2c(Cl)cc(Br)cc2Cl)CC1)NCc1cccs1. The average molecular weight is 527 g/mol. The van der Waals surface area contributed by atoms with Gasteiger partial charge in [0.05, 0.1) is 23.1 Å². The molecule has 0 spiro atoms. The van der Waals surface area contributed by atoms with Crippen molar-refractivity contribution >= 4 is 66.4 Å². The van der Waals surface area contributed by atoms with Crippen LogP contribution in [0.15, 0.2) is 39.0 Å². The van der Waals surface area contributed by atoms with E-state index < -0.39 is 10.0 Å². The third kappa shape index (κ3) is 5.27. The molecule has 1 aliphatic rings. The second-order valence-electron chi connectivity index (χ2n) is 6.23. The van der Waals surface area contributed by atoms with E-state index in [9.17, 15) is 13.2 Å².